The molecule has 2 nitrogen and oxygen atoms in total. The average Bonchev–Trinajstić information content (AvgIpc) is 1.99. The van der Waals surface area contributed by atoms with Crippen LogP contribution in [0.3, 0.4) is 0 Å². The molecule has 0 aromatic carbocycles. The zero-order valence-electron chi connectivity index (χ0n) is 6.78. The molecule has 0 N–H and O–H groups in total. The van der Waals surface area contributed by atoms with Crippen molar-refractivity contribution in [2.75, 3.05) is 13.3 Å². The topological polar surface area (TPSA) is 18.5 Å². The van der Waals surface area contributed by atoms with E-state index < -0.39 is 32.1 Å². The smallest absolute Gasteiger partial charge is 0.350 e. The largest absolute Gasteiger partial charge is 0.418 e. The van der Waals surface area contributed by atoms with Crippen molar-refractivity contribution in [3.8, 4) is 0 Å². The minimum absolute atomic E-state index is 0.472. The lowest BCUT2D eigenvalue weighted by Gasteiger charge is -2.20. The van der Waals surface area contributed by atoms with Gasteiger partial charge in [-0.3, -0.25) is 4.74 Å². The monoisotopic (exact) mass is 208 g/mol. The molecular formula is C6H9F5O2. The van der Waals surface area contributed by atoms with Crippen molar-refractivity contribution >= 4 is 0 Å². The zero-order chi connectivity index (χ0) is 10.5. The Bertz CT molecular complexity index is 141. The number of halogens is 5. The Hall–Kier alpha value is -0.430. The Kier molecular flexibility index (Phi) is 5.16. The summed E-state index contributed by atoms with van der Waals surface area (Å²) < 4.78 is 66.4. The number of rotatable bonds is 6. The van der Waals surface area contributed by atoms with Crippen molar-refractivity contribution in [2.24, 2.45) is 0 Å². The summed E-state index contributed by atoms with van der Waals surface area (Å²) in [5.41, 5.74) is 0. The number of alkyl halides is 5. The third-order valence-corrected chi connectivity index (χ3v) is 1.01. The maximum atomic E-state index is 12.1. The standard InChI is InChI=1S/C6H9F5O2/c1-4(12-3-2-7)13-6(10,11)5(8)9/h4-5H,2-3H2,1H3. The van der Waals surface area contributed by atoms with Crippen LogP contribution in [-0.2, 0) is 9.47 Å². The molecule has 1 unspecified atom stereocenters. The first-order valence-electron chi connectivity index (χ1n) is 3.41. The summed E-state index contributed by atoms with van der Waals surface area (Å²) in [5, 5.41) is 0. The van der Waals surface area contributed by atoms with Crippen molar-refractivity contribution in [1.82, 2.24) is 0 Å². The number of ether oxygens (including phenoxy) is 2. The van der Waals surface area contributed by atoms with Gasteiger partial charge in [0.25, 0.3) is 0 Å². The highest BCUT2D eigenvalue weighted by molar-refractivity contribution is 4.55. The Morgan fingerprint density at radius 3 is 2.23 bits per heavy atom. The van der Waals surface area contributed by atoms with Crippen LogP contribution in [-0.4, -0.2) is 32.1 Å². The van der Waals surface area contributed by atoms with Gasteiger partial charge in [-0.1, -0.05) is 0 Å². The third kappa shape index (κ3) is 4.99. The molecule has 0 radical (unpaired) electrons. The summed E-state index contributed by atoms with van der Waals surface area (Å²) >= 11 is 0. The molecule has 0 saturated carbocycles. The first kappa shape index (κ1) is 12.6. The average molecular weight is 208 g/mol. The van der Waals surface area contributed by atoms with Crippen LogP contribution in [0.4, 0.5) is 22.0 Å². The summed E-state index contributed by atoms with van der Waals surface area (Å²) in [6, 6.07) is 0. The lowest BCUT2D eigenvalue weighted by Crippen LogP contribution is -2.35. The summed E-state index contributed by atoms with van der Waals surface area (Å²) in [6.07, 6.45) is -10.1. The van der Waals surface area contributed by atoms with Crippen LogP contribution in [0.25, 0.3) is 0 Å². The van der Waals surface area contributed by atoms with Crippen LogP contribution in [0.2, 0.25) is 0 Å². The van der Waals surface area contributed by atoms with Gasteiger partial charge in [-0.05, 0) is 6.92 Å². The molecule has 1 atom stereocenters. The molecule has 0 rings (SSSR count). The highest BCUT2D eigenvalue weighted by Gasteiger charge is 2.43. The van der Waals surface area contributed by atoms with E-state index in [0.717, 1.165) is 6.92 Å². The van der Waals surface area contributed by atoms with Crippen LogP contribution < -0.4 is 0 Å². The van der Waals surface area contributed by atoms with E-state index in [-0.39, 0.29) is 0 Å². The van der Waals surface area contributed by atoms with Gasteiger partial charge in [-0.15, -0.1) is 0 Å². The molecule has 0 fully saturated rings. The van der Waals surface area contributed by atoms with Crippen molar-refractivity contribution in [1.29, 1.82) is 0 Å². The van der Waals surface area contributed by atoms with Gasteiger partial charge in [0.2, 0.25) is 0 Å². The Labute approximate surface area is 71.6 Å². The highest BCUT2D eigenvalue weighted by Crippen LogP contribution is 2.25. The van der Waals surface area contributed by atoms with E-state index >= 15 is 0 Å². The maximum absolute atomic E-state index is 12.1. The first-order valence-corrected chi connectivity index (χ1v) is 3.41. The van der Waals surface area contributed by atoms with E-state index in [0.29, 0.717) is 0 Å². The first-order chi connectivity index (χ1) is 5.90. The van der Waals surface area contributed by atoms with Crippen molar-refractivity contribution in [2.45, 2.75) is 25.7 Å². The van der Waals surface area contributed by atoms with Gasteiger partial charge in [0.15, 0.2) is 6.29 Å². The van der Waals surface area contributed by atoms with Crippen molar-refractivity contribution in [3.05, 3.63) is 0 Å². The molecule has 0 amide bonds. The molecule has 0 bridgehead atoms. The molecule has 0 heterocycles. The predicted octanol–water partition coefficient (Wildman–Crippen LogP) is 2.19. The second-order valence-electron chi connectivity index (χ2n) is 2.11. The van der Waals surface area contributed by atoms with Crippen LogP contribution in [0.5, 0.6) is 0 Å². The highest BCUT2D eigenvalue weighted by atomic mass is 19.3. The minimum atomic E-state index is -4.56. The van der Waals surface area contributed by atoms with E-state index in [2.05, 4.69) is 9.47 Å². The molecule has 7 heteroatoms. The molecule has 0 aliphatic rings. The van der Waals surface area contributed by atoms with Gasteiger partial charge in [-0.2, -0.15) is 8.78 Å². The normalized spacial score (nSPS) is 15.0. The fourth-order valence-corrected chi connectivity index (χ4v) is 0.517. The Balaban J connectivity index is 3.82. The molecule has 0 aromatic rings. The summed E-state index contributed by atoms with van der Waals surface area (Å²) in [7, 11) is 0. The minimum Gasteiger partial charge on any atom is -0.350 e. The number of hydrogen-bond acceptors (Lipinski definition) is 2. The molecule has 0 aromatic heterocycles. The summed E-state index contributed by atoms with van der Waals surface area (Å²) in [6.45, 7) is -0.389. The Morgan fingerprint density at radius 1 is 1.31 bits per heavy atom. The fraction of sp³-hybridized carbons (Fsp3) is 1.00. The Morgan fingerprint density at radius 2 is 1.85 bits per heavy atom. The summed E-state index contributed by atoms with van der Waals surface area (Å²) in [5.74, 6) is 0. The van der Waals surface area contributed by atoms with Gasteiger partial charge in [0.1, 0.15) is 6.67 Å². The quantitative estimate of drug-likeness (QED) is 0.492. The van der Waals surface area contributed by atoms with Crippen LogP contribution in [0.15, 0.2) is 0 Å². The van der Waals surface area contributed by atoms with Gasteiger partial charge < -0.3 is 4.74 Å². The fourth-order valence-electron chi connectivity index (χ4n) is 0.517. The summed E-state index contributed by atoms with van der Waals surface area (Å²) in [4.78, 5) is 0. The molecule has 0 saturated heterocycles. The third-order valence-electron chi connectivity index (χ3n) is 1.01. The van der Waals surface area contributed by atoms with Crippen LogP contribution in [0.1, 0.15) is 6.92 Å². The molecule has 0 aliphatic carbocycles. The molecule has 13 heavy (non-hydrogen) atoms. The second kappa shape index (κ2) is 5.33. The van der Waals surface area contributed by atoms with Crippen LogP contribution in [0, 0.1) is 0 Å². The van der Waals surface area contributed by atoms with E-state index in [9.17, 15) is 22.0 Å². The van der Waals surface area contributed by atoms with Gasteiger partial charge >= 0.3 is 12.5 Å². The second-order valence-corrected chi connectivity index (χ2v) is 2.11. The molecule has 0 aliphatic heterocycles. The van der Waals surface area contributed by atoms with Crippen molar-refractivity contribution in [3.63, 3.8) is 0 Å². The molecule has 80 valence electrons. The lowest BCUT2D eigenvalue weighted by molar-refractivity contribution is -0.352. The maximum Gasteiger partial charge on any atom is 0.418 e. The van der Waals surface area contributed by atoms with Gasteiger partial charge in [-0.25, -0.2) is 13.2 Å². The van der Waals surface area contributed by atoms with Gasteiger partial charge in [0.05, 0.1) is 6.61 Å². The van der Waals surface area contributed by atoms with Crippen LogP contribution >= 0.6 is 0 Å². The predicted molar refractivity (Wildman–Crippen MR) is 33.4 cm³/mol. The number of hydrogen-bond donors (Lipinski definition) is 0. The molecular weight excluding hydrogens is 199 g/mol. The van der Waals surface area contributed by atoms with E-state index in [1.165, 1.54) is 0 Å². The van der Waals surface area contributed by atoms with E-state index in [4.69, 9.17) is 0 Å². The SMILES string of the molecule is CC(OCCF)OC(F)(F)C(F)F. The molecule has 0 spiro atoms. The van der Waals surface area contributed by atoms with E-state index in [1.54, 1.807) is 0 Å². The van der Waals surface area contributed by atoms with Gasteiger partial charge in [0, 0.05) is 0 Å². The van der Waals surface area contributed by atoms with E-state index in [1.807, 2.05) is 0 Å². The zero-order valence-corrected chi connectivity index (χ0v) is 6.78. The van der Waals surface area contributed by atoms with Crippen molar-refractivity contribution < 1.29 is 31.4 Å². The lowest BCUT2D eigenvalue weighted by atomic mass is 10.6.